The summed E-state index contributed by atoms with van der Waals surface area (Å²) >= 11 is 3.34. The summed E-state index contributed by atoms with van der Waals surface area (Å²) in [5.74, 6) is 0.875. The molecule has 0 saturated carbocycles. The standard InChI is InChI=1S/C10H13BrNO/c11-5-2-6-13-10-4-1-3-9(7-10)8-12/h1,4,7H,2,5-6,8,12H2. The Kier molecular flexibility index (Phi) is 4.86. The number of hydrogen-bond donors (Lipinski definition) is 1. The highest BCUT2D eigenvalue weighted by Gasteiger charge is 1.94. The van der Waals surface area contributed by atoms with Gasteiger partial charge >= 0.3 is 0 Å². The second-order valence-electron chi connectivity index (χ2n) is 2.64. The van der Waals surface area contributed by atoms with E-state index in [1.54, 1.807) is 0 Å². The molecular weight excluding hydrogens is 230 g/mol. The molecule has 2 nitrogen and oxygen atoms in total. The van der Waals surface area contributed by atoms with Crippen molar-refractivity contribution in [2.75, 3.05) is 11.9 Å². The van der Waals surface area contributed by atoms with Gasteiger partial charge in [0.2, 0.25) is 0 Å². The highest BCUT2D eigenvalue weighted by atomic mass is 79.9. The van der Waals surface area contributed by atoms with Crippen LogP contribution in [0.4, 0.5) is 0 Å². The van der Waals surface area contributed by atoms with Crippen LogP contribution >= 0.6 is 15.9 Å². The van der Waals surface area contributed by atoms with Crippen molar-refractivity contribution < 1.29 is 4.74 Å². The lowest BCUT2D eigenvalue weighted by Crippen LogP contribution is -2.00. The fourth-order valence-corrected chi connectivity index (χ4v) is 1.17. The van der Waals surface area contributed by atoms with E-state index in [0.29, 0.717) is 6.54 Å². The fraction of sp³-hybridized carbons (Fsp3) is 0.400. The minimum atomic E-state index is 0.510. The quantitative estimate of drug-likeness (QED) is 0.635. The molecule has 3 heteroatoms. The molecule has 2 N–H and O–H groups in total. The number of rotatable bonds is 5. The zero-order valence-corrected chi connectivity index (χ0v) is 9.01. The minimum Gasteiger partial charge on any atom is -0.494 e. The van der Waals surface area contributed by atoms with Crippen LogP contribution in [-0.2, 0) is 6.54 Å². The van der Waals surface area contributed by atoms with Crippen molar-refractivity contribution in [1.82, 2.24) is 0 Å². The van der Waals surface area contributed by atoms with Crippen LogP contribution in [0.1, 0.15) is 12.0 Å². The van der Waals surface area contributed by atoms with Gasteiger partial charge in [0.15, 0.2) is 0 Å². The number of halogens is 1. The van der Waals surface area contributed by atoms with Gasteiger partial charge in [0.25, 0.3) is 0 Å². The van der Waals surface area contributed by atoms with Crippen molar-refractivity contribution in [3.8, 4) is 5.75 Å². The largest absolute Gasteiger partial charge is 0.494 e. The summed E-state index contributed by atoms with van der Waals surface area (Å²) in [6, 6.07) is 8.69. The van der Waals surface area contributed by atoms with Crippen LogP contribution in [0.25, 0.3) is 0 Å². The highest BCUT2D eigenvalue weighted by molar-refractivity contribution is 9.09. The molecule has 1 aromatic carbocycles. The highest BCUT2D eigenvalue weighted by Crippen LogP contribution is 2.12. The Labute approximate surface area is 87.2 Å². The second-order valence-corrected chi connectivity index (χ2v) is 3.44. The first-order chi connectivity index (χ1) is 6.36. The third-order valence-electron chi connectivity index (χ3n) is 1.60. The summed E-state index contributed by atoms with van der Waals surface area (Å²) in [5, 5.41) is 0.968. The van der Waals surface area contributed by atoms with Gasteiger partial charge in [-0.1, -0.05) is 22.0 Å². The van der Waals surface area contributed by atoms with Crippen molar-refractivity contribution in [3.05, 3.63) is 29.8 Å². The van der Waals surface area contributed by atoms with Crippen LogP contribution in [0.3, 0.4) is 0 Å². The molecular formula is C10H13BrNO. The predicted octanol–water partition coefficient (Wildman–Crippen LogP) is 2.11. The molecule has 0 amide bonds. The van der Waals surface area contributed by atoms with Crippen molar-refractivity contribution in [2.24, 2.45) is 5.73 Å². The molecule has 1 radical (unpaired) electrons. The van der Waals surface area contributed by atoms with Crippen LogP contribution in [0.5, 0.6) is 5.75 Å². The average molecular weight is 243 g/mol. The number of ether oxygens (including phenoxy) is 1. The molecule has 0 spiro atoms. The van der Waals surface area contributed by atoms with Gasteiger partial charge in [-0.15, -0.1) is 0 Å². The SMILES string of the molecule is NCc1[c]ccc(OCCCBr)c1. The van der Waals surface area contributed by atoms with Crippen LogP contribution in [-0.4, -0.2) is 11.9 Å². The maximum Gasteiger partial charge on any atom is 0.119 e. The Bertz CT molecular complexity index is 252. The lowest BCUT2D eigenvalue weighted by molar-refractivity contribution is 0.319. The van der Waals surface area contributed by atoms with Gasteiger partial charge in [-0.25, -0.2) is 0 Å². The van der Waals surface area contributed by atoms with E-state index >= 15 is 0 Å². The summed E-state index contributed by atoms with van der Waals surface area (Å²) in [4.78, 5) is 0. The van der Waals surface area contributed by atoms with E-state index in [4.69, 9.17) is 10.5 Å². The Balaban J connectivity index is 2.46. The smallest absolute Gasteiger partial charge is 0.119 e. The van der Waals surface area contributed by atoms with Crippen molar-refractivity contribution in [3.63, 3.8) is 0 Å². The molecule has 1 rings (SSSR count). The number of alkyl halides is 1. The van der Waals surface area contributed by atoms with Crippen molar-refractivity contribution in [1.29, 1.82) is 0 Å². The molecule has 1 aromatic rings. The molecule has 0 aromatic heterocycles. The first-order valence-electron chi connectivity index (χ1n) is 4.26. The molecule has 0 fully saturated rings. The molecule has 0 unspecified atom stereocenters. The Morgan fingerprint density at radius 2 is 2.38 bits per heavy atom. The van der Waals surface area contributed by atoms with Crippen molar-refractivity contribution >= 4 is 15.9 Å². The lowest BCUT2D eigenvalue weighted by Gasteiger charge is -2.05. The molecule has 0 aliphatic heterocycles. The van der Waals surface area contributed by atoms with Crippen LogP contribution in [0.15, 0.2) is 18.2 Å². The average Bonchev–Trinajstić information content (AvgIpc) is 2.19. The number of nitrogens with two attached hydrogens (primary N) is 1. The fourth-order valence-electron chi connectivity index (χ4n) is 0.945. The zero-order chi connectivity index (χ0) is 9.52. The predicted molar refractivity (Wildman–Crippen MR) is 57.1 cm³/mol. The van der Waals surface area contributed by atoms with E-state index in [0.717, 1.165) is 29.7 Å². The zero-order valence-electron chi connectivity index (χ0n) is 7.42. The number of hydrogen-bond acceptors (Lipinski definition) is 2. The molecule has 0 atom stereocenters. The number of benzene rings is 1. The Morgan fingerprint density at radius 1 is 1.54 bits per heavy atom. The van der Waals surface area contributed by atoms with Crippen LogP contribution in [0.2, 0.25) is 0 Å². The summed E-state index contributed by atoms with van der Waals surface area (Å²) in [7, 11) is 0. The molecule has 0 aliphatic carbocycles. The molecule has 13 heavy (non-hydrogen) atoms. The van der Waals surface area contributed by atoms with Gasteiger partial charge in [-0.2, -0.15) is 0 Å². The monoisotopic (exact) mass is 242 g/mol. The summed E-state index contributed by atoms with van der Waals surface area (Å²) in [5.41, 5.74) is 6.46. The van der Waals surface area contributed by atoms with Gasteiger partial charge in [0, 0.05) is 11.9 Å². The van der Waals surface area contributed by atoms with Gasteiger partial charge in [0.1, 0.15) is 5.75 Å². The maximum atomic E-state index is 5.48. The third-order valence-corrected chi connectivity index (χ3v) is 2.16. The summed E-state index contributed by atoms with van der Waals surface area (Å²) < 4.78 is 5.48. The topological polar surface area (TPSA) is 35.2 Å². The van der Waals surface area contributed by atoms with E-state index < -0.39 is 0 Å². The van der Waals surface area contributed by atoms with E-state index in [9.17, 15) is 0 Å². The molecule has 0 aliphatic rings. The third kappa shape index (κ3) is 3.79. The van der Waals surface area contributed by atoms with Crippen molar-refractivity contribution in [2.45, 2.75) is 13.0 Å². The van der Waals surface area contributed by atoms with E-state index in [-0.39, 0.29) is 0 Å². The molecule has 0 heterocycles. The summed E-state index contributed by atoms with van der Waals surface area (Å²) in [6.45, 7) is 1.24. The molecule has 0 bridgehead atoms. The Hall–Kier alpha value is -0.540. The molecule has 0 saturated heterocycles. The minimum absolute atomic E-state index is 0.510. The Morgan fingerprint density at radius 3 is 3.08 bits per heavy atom. The molecule has 71 valence electrons. The van der Waals surface area contributed by atoms with E-state index in [2.05, 4.69) is 22.0 Å². The van der Waals surface area contributed by atoms with Crippen LogP contribution < -0.4 is 10.5 Å². The second kappa shape index (κ2) is 6.00. The maximum absolute atomic E-state index is 5.48. The van der Waals surface area contributed by atoms with Gasteiger partial charge in [-0.05, 0) is 30.2 Å². The summed E-state index contributed by atoms with van der Waals surface area (Å²) in [6.07, 6.45) is 1.01. The van der Waals surface area contributed by atoms with Gasteiger partial charge < -0.3 is 10.5 Å². The van der Waals surface area contributed by atoms with Gasteiger partial charge in [-0.3, -0.25) is 0 Å². The normalized spacial score (nSPS) is 10.0. The first-order valence-corrected chi connectivity index (χ1v) is 5.38. The lowest BCUT2D eigenvalue weighted by atomic mass is 10.2. The van der Waals surface area contributed by atoms with Crippen LogP contribution in [0, 0.1) is 6.07 Å². The van der Waals surface area contributed by atoms with E-state index in [1.165, 1.54) is 0 Å². The van der Waals surface area contributed by atoms with E-state index in [1.807, 2.05) is 18.2 Å². The first kappa shape index (κ1) is 10.5. The van der Waals surface area contributed by atoms with Gasteiger partial charge in [0.05, 0.1) is 6.61 Å².